The summed E-state index contributed by atoms with van der Waals surface area (Å²) in [5.74, 6) is 0. The molecule has 0 radical (unpaired) electrons. The molecule has 1 N–H and O–H groups in total. The molecular formula is C7H13N3. The van der Waals surface area contributed by atoms with E-state index in [1.165, 1.54) is 6.20 Å². The molecule has 3 heteroatoms. The molecule has 56 valence electrons. The Morgan fingerprint density at radius 3 is 2.50 bits per heavy atom. The molecule has 0 aromatic heterocycles. The molecule has 0 aliphatic carbocycles. The van der Waals surface area contributed by atoms with Gasteiger partial charge in [-0.1, -0.05) is 0 Å². The maximum atomic E-state index is 6.46. The van der Waals surface area contributed by atoms with Gasteiger partial charge in [0.1, 0.15) is 0 Å². The number of nitrogens with one attached hydrogen (secondary N) is 1. The van der Waals surface area contributed by atoms with Crippen LogP contribution in [0.3, 0.4) is 0 Å². The molecule has 0 aliphatic rings. The van der Waals surface area contributed by atoms with Crippen molar-refractivity contribution in [3.63, 3.8) is 0 Å². The first-order valence-corrected chi connectivity index (χ1v) is 3.24. The number of hydrogen-bond donors (Lipinski definition) is 1. The first-order chi connectivity index (χ1) is 4.66. The second-order valence-electron chi connectivity index (χ2n) is 2.31. The van der Waals surface area contributed by atoms with Gasteiger partial charge in [0.25, 0.3) is 0 Å². The fourth-order valence-electron chi connectivity index (χ4n) is 0.595. The highest BCUT2D eigenvalue weighted by Gasteiger charge is 1.86. The predicted octanol–water partition coefficient (Wildman–Crippen LogP) is 2.40. The van der Waals surface area contributed by atoms with Crippen LogP contribution in [0.1, 0.15) is 20.8 Å². The zero-order valence-electron chi connectivity index (χ0n) is 6.63. The summed E-state index contributed by atoms with van der Waals surface area (Å²) in [5, 5.41) is 3.07. The van der Waals surface area contributed by atoms with Gasteiger partial charge in [-0.25, -0.2) is 5.53 Å². The molecule has 3 nitrogen and oxygen atoms in total. The van der Waals surface area contributed by atoms with Gasteiger partial charge in [0.15, 0.2) is 0 Å². The zero-order chi connectivity index (χ0) is 7.98. The van der Waals surface area contributed by atoms with Crippen molar-refractivity contribution in [1.82, 2.24) is 0 Å². The van der Waals surface area contributed by atoms with Crippen molar-refractivity contribution in [2.75, 3.05) is 0 Å². The number of rotatable bonds is 3. The van der Waals surface area contributed by atoms with Gasteiger partial charge in [0, 0.05) is 11.8 Å². The monoisotopic (exact) mass is 139 g/mol. The Bertz CT molecular complexity index is 156. The Morgan fingerprint density at radius 1 is 1.50 bits per heavy atom. The lowest BCUT2D eigenvalue weighted by Gasteiger charge is -1.95. The van der Waals surface area contributed by atoms with Crippen LogP contribution in [0.4, 0.5) is 0 Å². The van der Waals surface area contributed by atoms with Gasteiger partial charge in [-0.15, -0.1) is 0 Å². The largest absolute Gasteiger partial charge is 0.287 e. The molecule has 0 unspecified atom stereocenters. The normalized spacial score (nSPS) is 13.0. The maximum Gasteiger partial charge on any atom is 0.0506 e. The molecule has 0 heterocycles. The summed E-state index contributed by atoms with van der Waals surface area (Å²) in [6.45, 7) is 5.91. The molecule has 0 saturated heterocycles. The summed E-state index contributed by atoms with van der Waals surface area (Å²) >= 11 is 0. The molecule has 0 aromatic carbocycles. The minimum absolute atomic E-state index is 0.315. The lowest BCUT2D eigenvalue weighted by Crippen LogP contribution is -1.93. The van der Waals surface area contributed by atoms with Crippen LogP contribution in [-0.4, -0.2) is 11.8 Å². The molecule has 0 aliphatic heterocycles. The summed E-state index contributed by atoms with van der Waals surface area (Å²) in [5.41, 5.74) is 7.37. The van der Waals surface area contributed by atoms with Crippen LogP contribution in [0.25, 0.3) is 0 Å². The van der Waals surface area contributed by atoms with Crippen molar-refractivity contribution in [3.8, 4) is 0 Å². The fourth-order valence-corrected chi connectivity index (χ4v) is 0.595. The van der Waals surface area contributed by atoms with Crippen LogP contribution in [-0.2, 0) is 0 Å². The SMILES string of the molecule is CC(/C=C\N=N)=NC(C)C. The van der Waals surface area contributed by atoms with Crippen LogP contribution in [0.5, 0.6) is 0 Å². The zero-order valence-corrected chi connectivity index (χ0v) is 6.63. The summed E-state index contributed by atoms with van der Waals surface area (Å²) in [4.78, 5) is 4.20. The van der Waals surface area contributed by atoms with E-state index in [1.807, 2.05) is 20.8 Å². The Hall–Kier alpha value is -0.990. The van der Waals surface area contributed by atoms with E-state index in [-0.39, 0.29) is 0 Å². The van der Waals surface area contributed by atoms with Gasteiger partial charge in [-0.3, -0.25) is 4.99 Å². The van der Waals surface area contributed by atoms with Crippen molar-refractivity contribution in [1.29, 1.82) is 5.53 Å². The van der Waals surface area contributed by atoms with E-state index < -0.39 is 0 Å². The third-order valence-electron chi connectivity index (χ3n) is 0.852. The van der Waals surface area contributed by atoms with E-state index in [2.05, 4.69) is 10.1 Å². The molecule has 10 heavy (non-hydrogen) atoms. The second kappa shape index (κ2) is 4.85. The first-order valence-electron chi connectivity index (χ1n) is 3.24. The minimum Gasteiger partial charge on any atom is -0.287 e. The van der Waals surface area contributed by atoms with Gasteiger partial charge in [-0.05, 0) is 26.8 Å². The van der Waals surface area contributed by atoms with E-state index in [0.29, 0.717) is 6.04 Å². The number of nitrogens with zero attached hydrogens (tertiary/aromatic N) is 2. The highest BCUT2D eigenvalue weighted by molar-refractivity contribution is 5.92. The minimum atomic E-state index is 0.315. The van der Waals surface area contributed by atoms with Crippen molar-refractivity contribution >= 4 is 5.71 Å². The summed E-state index contributed by atoms with van der Waals surface area (Å²) in [6, 6.07) is 0.315. The van der Waals surface area contributed by atoms with Gasteiger partial charge in [-0.2, -0.15) is 5.11 Å². The molecule has 0 bridgehead atoms. The highest BCUT2D eigenvalue weighted by Crippen LogP contribution is 1.89. The number of hydrogen-bond acceptors (Lipinski definition) is 3. The van der Waals surface area contributed by atoms with Crippen LogP contribution < -0.4 is 0 Å². The van der Waals surface area contributed by atoms with Crippen LogP contribution >= 0.6 is 0 Å². The van der Waals surface area contributed by atoms with E-state index in [0.717, 1.165) is 5.71 Å². The second-order valence-corrected chi connectivity index (χ2v) is 2.31. The van der Waals surface area contributed by atoms with Crippen LogP contribution in [0.15, 0.2) is 22.4 Å². The average Bonchev–Trinajstić information content (AvgIpc) is 1.82. The standard InChI is InChI=1S/C7H13N3/c1-6(2)10-7(3)4-5-9-8/h4-6,8H,1-3H3/b5-4-,9-8?,10-7?. The smallest absolute Gasteiger partial charge is 0.0506 e. The molecule has 0 rings (SSSR count). The van der Waals surface area contributed by atoms with Crippen molar-refractivity contribution in [2.45, 2.75) is 26.8 Å². The predicted molar refractivity (Wildman–Crippen MR) is 42.5 cm³/mol. The van der Waals surface area contributed by atoms with E-state index in [1.54, 1.807) is 6.08 Å². The Labute approximate surface area is 61.4 Å². The molecule has 0 amide bonds. The van der Waals surface area contributed by atoms with Gasteiger partial charge < -0.3 is 0 Å². The summed E-state index contributed by atoms with van der Waals surface area (Å²) in [6.07, 6.45) is 3.13. The molecule has 0 saturated carbocycles. The van der Waals surface area contributed by atoms with Gasteiger partial charge in [0.05, 0.1) is 6.20 Å². The third kappa shape index (κ3) is 5.15. The van der Waals surface area contributed by atoms with Crippen molar-refractivity contribution in [2.24, 2.45) is 10.1 Å². The summed E-state index contributed by atoms with van der Waals surface area (Å²) in [7, 11) is 0. The lowest BCUT2D eigenvalue weighted by molar-refractivity contribution is 0.836. The van der Waals surface area contributed by atoms with E-state index in [9.17, 15) is 0 Å². The van der Waals surface area contributed by atoms with Gasteiger partial charge >= 0.3 is 0 Å². The molecule has 0 spiro atoms. The Morgan fingerprint density at radius 2 is 2.10 bits per heavy atom. The average molecular weight is 139 g/mol. The molecule has 0 fully saturated rings. The van der Waals surface area contributed by atoms with Crippen molar-refractivity contribution < 1.29 is 0 Å². The topological polar surface area (TPSA) is 48.6 Å². The fraction of sp³-hybridized carbons (Fsp3) is 0.571. The summed E-state index contributed by atoms with van der Waals surface area (Å²) < 4.78 is 0. The van der Waals surface area contributed by atoms with Gasteiger partial charge in [0.2, 0.25) is 0 Å². The quantitative estimate of drug-likeness (QED) is 0.461. The highest BCUT2D eigenvalue weighted by atomic mass is 14.9. The molecule has 0 atom stereocenters. The van der Waals surface area contributed by atoms with Crippen LogP contribution in [0.2, 0.25) is 0 Å². The maximum absolute atomic E-state index is 6.46. The van der Waals surface area contributed by atoms with Crippen molar-refractivity contribution in [3.05, 3.63) is 12.3 Å². The third-order valence-corrected chi connectivity index (χ3v) is 0.852. The number of aliphatic imine (C=N–C) groups is 1. The van der Waals surface area contributed by atoms with E-state index >= 15 is 0 Å². The molecular weight excluding hydrogens is 126 g/mol. The Kier molecular flexibility index (Phi) is 4.37. The lowest BCUT2D eigenvalue weighted by atomic mass is 10.3. The molecule has 0 aromatic rings. The number of allylic oxidation sites excluding steroid dienone is 1. The van der Waals surface area contributed by atoms with Crippen LogP contribution in [0, 0.1) is 5.53 Å². The Balaban J connectivity index is 3.93. The van der Waals surface area contributed by atoms with E-state index in [4.69, 9.17) is 5.53 Å². The first kappa shape index (κ1) is 9.01.